The molecule has 7 heteroatoms. The third-order valence-corrected chi connectivity index (χ3v) is 6.50. The van der Waals surface area contributed by atoms with Gasteiger partial charge in [0.25, 0.3) is 0 Å². The van der Waals surface area contributed by atoms with Crippen molar-refractivity contribution in [3.8, 4) is 5.75 Å². The van der Waals surface area contributed by atoms with Gasteiger partial charge in [0.15, 0.2) is 5.13 Å². The second kappa shape index (κ2) is 8.54. The van der Waals surface area contributed by atoms with Crippen molar-refractivity contribution in [3.05, 3.63) is 17.7 Å². The van der Waals surface area contributed by atoms with Gasteiger partial charge in [0.05, 0.1) is 11.8 Å². The molecule has 2 fully saturated rings. The van der Waals surface area contributed by atoms with Crippen molar-refractivity contribution >= 4 is 32.6 Å². The second-order valence-corrected chi connectivity index (χ2v) is 8.25. The average molecular weight is 391 g/mol. The summed E-state index contributed by atoms with van der Waals surface area (Å²) in [5.74, 6) is 1.66. The molecule has 0 radical (unpaired) electrons. The highest BCUT2D eigenvalue weighted by molar-refractivity contribution is 7.22. The van der Waals surface area contributed by atoms with E-state index >= 15 is 0 Å². The highest BCUT2D eigenvalue weighted by atomic mass is 32.1. The minimum absolute atomic E-state index is 0.0348. The van der Waals surface area contributed by atoms with Gasteiger partial charge in [-0.1, -0.05) is 17.4 Å². The summed E-state index contributed by atoms with van der Waals surface area (Å²) in [6, 6.07) is 4.13. The highest BCUT2D eigenvalue weighted by Gasteiger charge is 2.23. The van der Waals surface area contributed by atoms with Crippen LogP contribution in [0.25, 0.3) is 10.2 Å². The van der Waals surface area contributed by atoms with Crippen LogP contribution in [0.2, 0.25) is 0 Å². The molecule has 2 aromatic rings. The van der Waals surface area contributed by atoms with E-state index in [1.165, 1.54) is 5.56 Å². The fourth-order valence-electron chi connectivity index (χ4n) is 3.93. The number of hydrogen-bond donors (Lipinski definition) is 1. The first-order chi connectivity index (χ1) is 13.2. The number of nitrogens with one attached hydrogen (secondary N) is 1. The van der Waals surface area contributed by atoms with E-state index in [2.05, 4.69) is 16.4 Å². The summed E-state index contributed by atoms with van der Waals surface area (Å²) in [6.07, 6.45) is 4.47. The molecule has 146 valence electrons. The van der Waals surface area contributed by atoms with Gasteiger partial charge in [-0.2, -0.15) is 0 Å². The van der Waals surface area contributed by atoms with Gasteiger partial charge < -0.3 is 19.5 Å². The van der Waals surface area contributed by atoms with E-state index in [-0.39, 0.29) is 5.91 Å². The molecular weight excluding hydrogens is 364 g/mol. The summed E-state index contributed by atoms with van der Waals surface area (Å²) in [5.41, 5.74) is 2.13. The Balaban J connectivity index is 1.55. The molecule has 0 aliphatic carbocycles. The number of methoxy groups -OCH3 is 1. The van der Waals surface area contributed by atoms with Crippen molar-refractivity contribution < 1.29 is 19.0 Å². The number of aromatic nitrogens is 1. The van der Waals surface area contributed by atoms with Crippen molar-refractivity contribution in [1.82, 2.24) is 4.98 Å². The third kappa shape index (κ3) is 4.25. The van der Waals surface area contributed by atoms with E-state index in [0.717, 1.165) is 68.1 Å². The van der Waals surface area contributed by atoms with Crippen LogP contribution >= 0.6 is 11.3 Å². The van der Waals surface area contributed by atoms with E-state index in [4.69, 9.17) is 14.2 Å². The molecule has 0 bridgehead atoms. The Labute approximate surface area is 163 Å². The molecule has 2 saturated heterocycles. The minimum Gasteiger partial charge on any atom is -0.494 e. The average Bonchev–Trinajstić information content (AvgIpc) is 3.12. The number of carbonyl (C=O) groups excluding carboxylic acids is 1. The van der Waals surface area contributed by atoms with Gasteiger partial charge in [-0.05, 0) is 49.1 Å². The molecule has 4 rings (SSSR count). The van der Waals surface area contributed by atoms with Gasteiger partial charge in [0.2, 0.25) is 5.91 Å². The zero-order chi connectivity index (χ0) is 18.6. The maximum absolute atomic E-state index is 12.5. The molecule has 1 N–H and O–H groups in total. The van der Waals surface area contributed by atoms with E-state index in [1.54, 1.807) is 18.4 Å². The number of fused-ring (bicyclic) bond motifs is 1. The number of carbonyl (C=O) groups is 1. The molecule has 2 aliphatic rings. The molecule has 1 amide bonds. The first-order valence-corrected chi connectivity index (χ1v) is 10.5. The molecule has 0 atom stereocenters. The lowest BCUT2D eigenvalue weighted by atomic mass is 9.91. The molecule has 0 saturated carbocycles. The molecule has 0 spiro atoms. The number of benzene rings is 1. The Morgan fingerprint density at radius 3 is 2.59 bits per heavy atom. The van der Waals surface area contributed by atoms with E-state index in [0.29, 0.717) is 23.4 Å². The van der Waals surface area contributed by atoms with Gasteiger partial charge in [-0.3, -0.25) is 4.79 Å². The Bertz CT molecular complexity index is 795. The number of amides is 1. The van der Waals surface area contributed by atoms with Crippen molar-refractivity contribution in [2.75, 3.05) is 38.9 Å². The fourth-order valence-corrected chi connectivity index (χ4v) is 5.02. The zero-order valence-corrected chi connectivity index (χ0v) is 16.5. The number of anilines is 1. The van der Waals surface area contributed by atoms with E-state index in [1.807, 2.05) is 6.07 Å². The summed E-state index contributed by atoms with van der Waals surface area (Å²) in [5, 5.41) is 3.66. The summed E-state index contributed by atoms with van der Waals surface area (Å²) in [7, 11) is 1.66. The van der Waals surface area contributed by atoms with Crippen molar-refractivity contribution in [3.63, 3.8) is 0 Å². The Morgan fingerprint density at radius 2 is 1.89 bits per heavy atom. The lowest BCUT2D eigenvalue weighted by molar-refractivity contribution is -0.117. The minimum atomic E-state index is 0.0348. The molecule has 1 aromatic carbocycles. The molecule has 3 heterocycles. The topological polar surface area (TPSA) is 69.7 Å². The standard InChI is InChI=1S/C20H26N2O4S/c1-24-16-3-2-15(14-6-10-26-11-7-14)19-18(16)22-20(27-19)21-17(23)12-13-4-8-25-9-5-13/h2-3,13-14H,4-12H2,1H3,(H,21,22,23). The van der Waals surface area contributed by atoms with Gasteiger partial charge in [0, 0.05) is 32.8 Å². The van der Waals surface area contributed by atoms with Crippen LogP contribution in [0.5, 0.6) is 5.75 Å². The molecule has 2 aliphatic heterocycles. The fraction of sp³-hybridized carbons (Fsp3) is 0.600. The maximum atomic E-state index is 12.5. The van der Waals surface area contributed by atoms with Crippen LogP contribution in [0.3, 0.4) is 0 Å². The number of nitrogens with zero attached hydrogens (tertiary/aromatic N) is 1. The zero-order valence-electron chi connectivity index (χ0n) is 15.7. The Morgan fingerprint density at radius 1 is 1.19 bits per heavy atom. The summed E-state index contributed by atoms with van der Waals surface area (Å²) in [4.78, 5) is 17.1. The quantitative estimate of drug-likeness (QED) is 0.837. The number of thiazole rings is 1. The van der Waals surface area contributed by atoms with Crippen LogP contribution in [0, 0.1) is 5.92 Å². The predicted molar refractivity (Wildman–Crippen MR) is 106 cm³/mol. The first kappa shape index (κ1) is 18.7. The van der Waals surface area contributed by atoms with Crippen LogP contribution in [0.1, 0.15) is 43.6 Å². The van der Waals surface area contributed by atoms with Crippen LogP contribution in [-0.4, -0.2) is 44.4 Å². The summed E-state index contributed by atoms with van der Waals surface area (Å²) in [6.45, 7) is 3.10. The Hall–Kier alpha value is -1.70. The number of rotatable bonds is 5. The van der Waals surface area contributed by atoms with Crippen molar-refractivity contribution in [2.45, 2.75) is 38.0 Å². The Kier molecular flexibility index (Phi) is 5.90. The molecular formula is C20H26N2O4S. The molecule has 6 nitrogen and oxygen atoms in total. The van der Waals surface area contributed by atoms with Gasteiger partial charge in [0.1, 0.15) is 11.3 Å². The lowest BCUT2D eigenvalue weighted by Crippen LogP contribution is -2.22. The van der Waals surface area contributed by atoms with Crippen molar-refractivity contribution in [2.24, 2.45) is 5.92 Å². The van der Waals surface area contributed by atoms with Gasteiger partial charge >= 0.3 is 0 Å². The predicted octanol–water partition coefficient (Wildman–Crippen LogP) is 3.95. The number of ether oxygens (including phenoxy) is 3. The lowest BCUT2D eigenvalue weighted by Gasteiger charge is -2.23. The molecule has 0 unspecified atom stereocenters. The largest absolute Gasteiger partial charge is 0.494 e. The van der Waals surface area contributed by atoms with Crippen LogP contribution in [0.15, 0.2) is 12.1 Å². The van der Waals surface area contributed by atoms with Crippen LogP contribution in [0.4, 0.5) is 5.13 Å². The second-order valence-electron chi connectivity index (χ2n) is 7.25. The molecule has 1 aromatic heterocycles. The summed E-state index contributed by atoms with van der Waals surface area (Å²) >= 11 is 1.55. The van der Waals surface area contributed by atoms with Gasteiger partial charge in [-0.25, -0.2) is 4.98 Å². The number of hydrogen-bond acceptors (Lipinski definition) is 6. The van der Waals surface area contributed by atoms with Crippen LogP contribution < -0.4 is 10.1 Å². The van der Waals surface area contributed by atoms with E-state index in [9.17, 15) is 4.79 Å². The third-order valence-electron chi connectivity index (χ3n) is 5.48. The maximum Gasteiger partial charge on any atom is 0.226 e. The smallest absolute Gasteiger partial charge is 0.226 e. The molecule has 27 heavy (non-hydrogen) atoms. The van der Waals surface area contributed by atoms with Crippen molar-refractivity contribution in [1.29, 1.82) is 0 Å². The van der Waals surface area contributed by atoms with Crippen LogP contribution in [-0.2, 0) is 14.3 Å². The van der Waals surface area contributed by atoms with Gasteiger partial charge in [-0.15, -0.1) is 0 Å². The highest BCUT2D eigenvalue weighted by Crippen LogP contribution is 2.40. The summed E-state index contributed by atoms with van der Waals surface area (Å²) < 4.78 is 17.5. The van der Waals surface area contributed by atoms with E-state index < -0.39 is 0 Å². The SMILES string of the molecule is COc1ccc(C2CCOCC2)c2sc(NC(=O)CC3CCOCC3)nc12. The monoisotopic (exact) mass is 390 g/mol. The first-order valence-electron chi connectivity index (χ1n) is 9.67. The normalized spacial score (nSPS) is 19.3.